The molecule has 2 rings (SSSR count). The molecule has 3 nitrogen and oxygen atoms in total. The molecule has 0 aliphatic rings. The Kier molecular flexibility index (Phi) is 3.76. The molecule has 1 N–H and O–H groups in total. The SMILES string of the molecule is Fc1ccccc1CNc1nc(Cl)ncc1Cl. The van der Waals surface area contributed by atoms with Crippen molar-refractivity contribution < 1.29 is 4.39 Å². The van der Waals surface area contributed by atoms with Crippen LogP contribution in [0.25, 0.3) is 0 Å². The number of hydrogen-bond acceptors (Lipinski definition) is 3. The van der Waals surface area contributed by atoms with E-state index in [2.05, 4.69) is 15.3 Å². The van der Waals surface area contributed by atoms with Crippen LogP contribution in [0.2, 0.25) is 10.3 Å². The van der Waals surface area contributed by atoms with Gasteiger partial charge in [-0.25, -0.2) is 9.37 Å². The van der Waals surface area contributed by atoms with Crippen LogP contribution in [0.3, 0.4) is 0 Å². The quantitative estimate of drug-likeness (QED) is 0.868. The minimum atomic E-state index is -0.281. The third kappa shape index (κ3) is 3.05. The molecule has 17 heavy (non-hydrogen) atoms. The van der Waals surface area contributed by atoms with Gasteiger partial charge in [0.1, 0.15) is 16.7 Å². The lowest BCUT2D eigenvalue weighted by molar-refractivity contribution is 0.613. The summed E-state index contributed by atoms with van der Waals surface area (Å²) in [5.74, 6) is 0.103. The van der Waals surface area contributed by atoms with E-state index in [4.69, 9.17) is 23.2 Å². The van der Waals surface area contributed by atoms with Crippen LogP contribution in [-0.4, -0.2) is 9.97 Å². The largest absolute Gasteiger partial charge is 0.364 e. The lowest BCUT2D eigenvalue weighted by atomic mass is 10.2. The number of benzene rings is 1. The van der Waals surface area contributed by atoms with E-state index >= 15 is 0 Å². The van der Waals surface area contributed by atoms with Gasteiger partial charge in [-0.15, -0.1) is 0 Å². The van der Waals surface area contributed by atoms with Gasteiger partial charge in [0.15, 0.2) is 0 Å². The molecule has 0 spiro atoms. The highest BCUT2D eigenvalue weighted by atomic mass is 35.5. The standard InChI is InChI=1S/C11H8Cl2FN3/c12-8-6-16-11(13)17-10(8)15-5-7-3-1-2-4-9(7)14/h1-4,6H,5H2,(H,15,16,17). The fourth-order valence-electron chi connectivity index (χ4n) is 1.29. The maximum Gasteiger partial charge on any atom is 0.224 e. The number of nitrogens with one attached hydrogen (secondary N) is 1. The van der Waals surface area contributed by atoms with E-state index < -0.39 is 0 Å². The summed E-state index contributed by atoms with van der Waals surface area (Å²) in [7, 11) is 0. The molecular formula is C11H8Cl2FN3. The predicted molar refractivity (Wildman–Crippen MR) is 65.8 cm³/mol. The maximum absolute atomic E-state index is 13.3. The number of nitrogens with zero attached hydrogens (tertiary/aromatic N) is 2. The zero-order valence-electron chi connectivity index (χ0n) is 8.62. The van der Waals surface area contributed by atoms with Gasteiger partial charge in [-0.2, -0.15) is 4.98 Å². The Hall–Kier alpha value is -1.39. The van der Waals surface area contributed by atoms with Gasteiger partial charge in [0.05, 0.1) is 6.20 Å². The molecule has 1 heterocycles. The predicted octanol–water partition coefficient (Wildman–Crippen LogP) is 3.53. The Balaban J connectivity index is 2.12. The molecule has 0 bridgehead atoms. The Morgan fingerprint density at radius 1 is 1.24 bits per heavy atom. The first kappa shape index (κ1) is 12.1. The molecule has 6 heteroatoms. The molecule has 0 radical (unpaired) electrons. The Labute approximate surface area is 108 Å². The van der Waals surface area contributed by atoms with E-state index in [0.29, 0.717) is 16.4 Å². The molecule has 0 aliphatic heterocycles. The third-order valence-electron chi connectivity index (χ3n) is 2.12. The van der Waals surface area contributed by atoms with Crippen molar-refractivity contribution in [1.82, 2.24) is 9.97 Å². The molecule has 88 valence electrons. The normalized spacial score (nSPS) is 10.3. The van der Waals surface area contributed by atoms with Crippen molar-refractivity contribution in [2.24, 2.45) is 0 Å². The first-order chi connectivity index (χ1) is 8.16. The van der Waals surface area contributed by atoms with Crippen LogP contribution >= 0.6 is 23.2 Å². The average molecular weight is 272 g/mol. The van der Waals surface area contributed by atoms with Crippen molar-refractivity contribution in [3.63, 3.8) is 0 Å². The van der Waals surface area contributed by atoms with E-state index in [1.165, 1.54) is 12.3 Å². The number of rotatable bonds is 3. The highest BCUT2D eigenvalue weighted by Crippen LogP contribution is 2.20. The average Bonchev–Trinajstić information content (AvgIpc) is 2.32. The first-order valence-corrected chi connectivity index (χ1v) is 5.58. The molecule has 0 atom stereocenters. The number of hydrogen-bond donors (Lipinski definition) is 1. The van der Waals surface area contributed by atoms with Crippen LogP contribution in [0.1, 0.15) is 5.56 Å². The van der Waals surface area contributed by atoms with E-state index in [0.717, 1.165) is 0 Å². The third-order valence-corrected chi connectivity index (χ3v) is 2.58. The molecule has 2 aromatic rings. The second-order valence-corrected chi connectivity index (χ2v) is 4.03. The van der Waals surface area contributed by atoms with E-state index in [1.54, 1.807) is 18.2 Å². The lowest BCUT2D eigenvalue weighted by Crippen LogP contribution is -2.04. The van der Waals surface area contributed by atoms with Crippen LogP contribution in [0, 0.1) is 5.82 Å². The number of anilines is 1. The molecule has 1 aromatic heterocycles. The van der Waals surface area contributed by atoms with Crippen LogP contribution in [0.4, 0.5) is 10.2 Å². The molecule has 0 saturated heterocycles. The van der Waals surface area contributed by atoms with Crippen LogP contribution in [0.5, 0.6) is 0 Å². The van der Waals surface area contributed by atoms with Crippen LogP contribution < -0.4 is 5.32 Å². The van der Waals surface area contributed by atoms with Crippen molar-refractivity contribution in [3.8, 4) is 0 Å². The maximum atomic E-state index is 13.3. The van der Waals surface area contributed by atoms with Gasteiger partial charge in [-0.3, -0.25) is 0 Å². The zero-order valence-corrected chi connectivity index (χ0v) is 10.1. The van der Waals surface area contributed by atoms with E-state index in [-0.39, 0.29) is 17.6 Å². The number of halogens is 3. The molecule has 0 fully saturated rings. The van der Waals surface area contributed by atoms with Gasteiger partial charge in [0.25, 0.3) is 0 Å². The van der Waals surface area contributed by atoms with Crippen LogP contribution in [0.15, 0.2) is 30.5 Å². The summed E-state index contributed by atoms with van der Waals surface area (Å²) in [6.45, 7) is 0.278. The second-order valence-electron chi connectivity index (χ2n) is 3.28. The summed E-state index contributed by atoms with van der Waals surface area (Å²) >= 11 is 11.5. The molecule has 1 aromatic carbocycles. The first-order valence-electron chi connectivity index (χ1n) is 4.82. The topological polar surface area (TPSA) is 37.8 Å². The molecule has 0 saturated carbocycles. The Morgan fingerprint density at radius 2 is 2.00 bits per heavy atom. The smallest absolute Gasteiger partial charge is 0.224 e. The van der Waals surface area contributed by atoms with Crippen molar-refractivity contribution in [3.05, 3.63) is 52.1 Å². The number of aromatic nitrogens is 2. The minimum absolute atomic E-state index is 0.0884. The summed E-state index contributed by atoms with van der Waals surface area (Å²) in [6, 6.07) is 6.46. The van der Waals surface area contributed by atoms with Gasteiger partial charge in [-0.1, -0.05) is 29.8 Å². The monoisotopic (exact) mass is 271 g/mol. The van der Waals surface area contributed by atoms with Gasteiger partial charge in [-0.05, 0) is 17.7 Å². The molecular weight excluding hydrogens is 264 g/mol. The van der Waals surface area contributed by atoms with Gasteiger partial charge in [0.2, 0.25) is 5.28 Å². The van der Waals surface area contributed by atoms with Gasteiger partial charge >= 0.3 is 0 Å². The summed E-state index contributed by atoms with van der Waals surface area (Å²) in [5, 5.41) is 3.33. The summed E-state index contributed by atoms with van der Waals surface area (Å²) in [4.78, 5) is 7.63. The molecule has 0 aliphatic carbocycles. The Morgan fingerprint density at radius 3 is 2.76 bits per heavy atom. The van der Waals surface area contributed by atoms with Crippen molar-refractivity contribution in [2.75, 3.05) is 5.32 Å². The summed E-state index contributed by atoms with van der Waals surface area (Å²) in [5.41, 5.74) is 0.526. The Bertz CT molecular complexity index is 534. The second kappa shape index (κ2) is 5.29. The molecule has 0 amide bonds. The zero-order chi connectivity index (χ0) is 12.3. The lowest BCUT2D eigenvalue weighted by Gasteiger charge is -2.07. The van der Waals surface area contributed by atoms with E-state index in [1.807, 2.05) is 0 Å². The highest BCUT2D eigenvalue weighted by molar-refractivity contribution is 6.33. The minimum Gasteiger partial charge on any atom is -0.364 e. The van der Waals surface area contributed by atoms with Gasteiger partial charge in [0, 0.05) is 12.1 Å². The van der Waals surface area contributed by atoms with Crippen molar-refractivity contribution in [2.45, 2.75) is 6.54 Å². The highest BCUT2D eigenvalue weighted by Gasteiger charge is 2.05. The fraction of sp³-hybridized carbons (Fsp3) is 0.0909. The summed E-state index contributed by atoms with van der Waals surface area (Å²) < 4.78 is 13.3. The molecule has 0 unspecified atom stereocenters. The van der Waals surface area contributed by atoms with Crippen molar-refractivity contribution >= 4 is 29.0 Å². The fourth-order valence-corrected chi connectivity index (χ4v) is 1.58. The van der Waals surface area contributed by atoms with Crippen LogP contribution in [-0.2, 0) is 6.54 Å². The van der Waals surface area contributed by atoms with E-state index in [9.17, 15) is 4.39 Å². The summed E-state index contributed by atoms with van der Waals surface area (Å²) in [6.07, 6.45) is 1.39. The van der Waals surface area contributed by atoms with Gasteiger partial charge < -0.3 is 5.32 Å². The van der Waals surface area contributed by atoms with Crippen molar-refractivity contribution in [1.29, 1.82) is 0 Å².